The van der Waals surface area contributed by atoms with E-state index in [1.54, 1.807) is 11.3 Å². The first-order valence-electron chi connectivity index (χ1n) is 7.66. The first kappa shape index (κ1) is 14.0. The van der Waals surface area contributed by atoms with Gasteiger partial charge in [0, 0.05) is 30.6 Å². The van der Waals surface area contributed by atoms with Gasteiger partial charge in [-0.05, 0) is 39.2 Å². The summed E-state index contributed by atoms with van der Waals surface area (Å²) in [7, 11) is 0. The molecule has 0 unspecified atom stereocenters. The molecule has 3 rings (SSSR count). The summed E-state index contributed by atoms with van der Waals surface area (Å²) < 4.78 is 0. The fraction of sp³-hybridized carbons (Fsp3) is 0.733. The lowest BCUT2D eigenvalue weighted by molar-refractivity contribution is 0.0549. The molecule has 4 nitrogen and oxygen atoms in total. The van der Waals surface area contributed by atoms with Crippen LogP contribution < -0.4 is 0 Å². The summed E-state index contributed by atoms with van der Waals surface area (Å²) in [6.45, 7) is 7.53. The highest BCUT2D eigenvalue weighted by atomic mass is 32.1. The molecule has 1 amide bonds. The number of hydrogen-bond acceptors (Lipinski definition) is 4. The molecule has 2 aliphatic rings. The van der Waals surface area contributed by atoms with E-state index in [2.05, 4.69) is 21.7 Å². The van der Waals surface area contributed by atoms with Gasteiger partial charge in [-0.25, -0.2) is 4.98 Å². The SMILES string of the molecule is CCN1CCC(N(C(=O)c2csc(C)n2)C2CC2)CC1. The monoisotopic (exact) mass is 293 g/mol. The fourth-order valence-electron chi connectivity index (χ4n) is 3.09. The van der Waals surface area contributed by atoms with Gasteiger partial charge < -0.3 is 9.80 Å². The topological polar surface area (TPSA) is 36.4 Å². The van der Waals surface area contributed by atoms with Crippen molar-refractivity contribution in [3.8, 4) is 0 Å². The second kappa shape index (κ2) is 5.82. The molecule has 0 spiro atoms. The van der Waals surface area contributed by atoms with Gasteiger partial charge in [-0.2, -0.15) is 0 Å². The van der Waals surface area contributed by atoms with E-state index in [1.165, 1.54) is 12.8 Å². The molecule has 2 fully saturated rings. The van der Waals surface area contributed by atoms with Crippen LogP contribution in [0.1, 0.15) is 48.1 Å². The Labute approximate surface area is 124 Å². The predicted octanol–water partition coefficient (Wildman–Crippen LogP) is 2.54. The Balaban J connectivity index is 1.71. The van der Waals surface area contributed by atoms with Crippen molar-refractivity contribution in [1.29, 1.82) is 0 Å². The van der Waals surface area contributed by atoms with Gasteiger partial charge in [0.15, 0.2) is 0 Å². The minimum absolute atomic E-state index is 0.159. The van der Waals surface area contributed by atoms with E-state index in [-0.39, 0.29) is 5.91 Å². The number of nitrogens with zero attached hydrogens (tertiary/aromatic N) is 3. The maximum Gasteiger partial charge on any atom is 0.273 e. The Morgan fingerprint density at radius 2 is 2.00 bits per heavy atom. The van der Waals surface area contributed by atoms with Gasteiger partial charge in [-0.3, -0.25) is 4.79 Å². The first-order valence-corrected chi connectivity index (χ1v) is 8.54. The second-order valence-corrected chi connectivity index (χ2v) is 6.92. The lowest BCUT2D eigenvalue weighted by Crippen LogP contribution is -2.48. The molecule has 0 atom stereocenters. The zero-order valence-corrected chi connectivity index (χ0v) is 13.2. The highest BCUT2D eigenvalue weighted by Crippen LogP contribution is 2.33. The van der Waals surface area contributed by atoms with E-state index in [9.17, 15) is 4.79 Å². The molecule has 5 heteroatoms. The largest absolute Gasteiger partial charge is 0.331 e. The maximum absolute atomic E-state index is 12.7. The van der Waals surface area contributed by atoms with Crippen molar-refractivity contribution in [2.45, 2.75) is 51.6 Å². The number of aryl methyl sites for hydroxylation is 1. The zero-order chi connectivity index (χ0) is 14.1. The molecule has 1 aliphatic carbocycles. The number of thiazole rings is 1. The summed E-state index contributed by atoms with van der Waals surface area (Å²) in [5.41, 5.74) is 0.650. The molecule has 1 saturated carbocycles. The molecular weight excluding hydrogens is 270 g/mol. The number of piperidine rings is 1. The summed E-state index contributed by atoms with van der Waals surface area (Å²) in [6, 6.07) is 0.891. The van der Waals surface area contributed by atoms with Crippen LogP contribution in [0.3, 0.4) is 0 Å². The van der Waals surface area contributed by atoms with E-state index in [1.807, 2.05) is 12.3 Å². The third-order valence-electron chi connectivity index (χ3n) is 4.41. The molecule has 1 aromatic heterocycles. The van der Waals surface area contributed by atoms with Crippen LogP contribution >= 0.6 is 11.3 Å². The molecule has 2 heterocycles. The maximum atomic E-state index is 12.7. The molecule has 1 saturated heterocycles. The van der Waals surface area contributed by atoms with Crippen LogP contribution in [-0.4, -0.2) is 52.4 Å². The number of likely N-dealkylation sites (tertiary alicyclic amines) is 1. The smallest absolute Gasteiger partial charge is 0.273 e. The average Bonchev–Trinajstić information content (AvgIpc) is 3.20. The normalized spacial score (nSPS) is 21.1. The molecule has 1 aromatic rings. The van der Waals surface area contributed by atoms with E-state index >= 15 is 0 Å². The second-order valence-electron chi connectivity index (χ2n) is 5.86. The number of rotatable bonds is 4. The van der Waals surface area contributed by atoms with Crippen LogP contribution in [0.15, 0.2) is 5.38 Å². The van der Waals surface area contributed by atoms with Crippen LogP contribution in [0.4, 0.5) is 0 Å². The van der Waals surface area contributed by atoms with Gasteiger partial charge in [-0.15, -0.1) is 11.3 Å². The lowest BCUT2D eigenvalue weighted by atomic mass is 10.0. The van der Waals surface area contributed by atoms with Crippen molar-refractivity contribution in [3.63, 3.8) is 0 Å². The predicted molar refractivity (Wildman–Crippen MR) is 81.2 cm³/mol. The van der Waals surface area contributed by atoms with E-state index < -0.39 is 0 Å². The molecule has 0 aromatic carbocycles. The lowest BCUT2D eigenvalue weighted by Gasteiger charge is -2.38. The Morgan fingerprint density at radius 3 is 2.50 bits per heavy atom. The minimum Gasteiger partial charge on any atom is -0.331 e. The van der Waals surface area contributed by atoms with Gasteiger partial charge >= 0.3 is 0 Å². The third kappa shape index (κ3) is 2.88. The Hall–Kier alpha value is -0.940. The summed E-state index contributed by atoms with van der Waals surface area (Å²) in [5.74, 6) is 0.159. The molecule has 20 heavy (non-hydrogen) atoms. The minimum atomic E-state index is 0.159. The Kier molecular flexibility index (Phi) is 4.08. The molecule has 1 aliphatic heterocycles. The summed E-state index contributed by atoms with van der Waals surface area (Å²) >= 11 is 1.57. The summed E-state index contributed by atoms with van der Waals surface area (Å²) in [6.07, 6.45) is 4.56. The number of aromatic nitrogens is 1. The van der Waals surface area contributed by atoms with Crippen molar-refractivity contribution in [2.75, 3.05) is 19.6 Å². The van der Waals surface area contributed by atoms with E-state index in [4.69, 9.17) is 0 Å². The molecular formula is C15H23N3OS. The van der Waals surface area contributed by atoms with E-state index in [0.29, 0.717) is 17.8 Å². The molecule has 110 valence electrons. The van der Waals surface area contributed by atoms with Crippen molar-refractivity contribution in [1.82, 2.24) is 14.8 Å². The molecule has 0 radical (unpaired) electrons. The molecule has 0 N–H and O–H groups in total. The van der Waals surface area contributed by atoms with Gasteiger partial charge in [0.1, 0.15) is 5.69 Å². The Bertz CT molecular complexity index is 475. The standard InChI is InChI=1S/C15H23N3OS/c1-3-17-8-6-13(7-9-17)18(12-4-5-12)15(19)14-10-20-11(2)16-14/h10,12-13H,3-9H2,1-2H3. The van der Waals surface area contributed by atoms with Crippen molar-refractivity contribution in [2.24, 2.45) is 0 Å². The van der Waals surface area contributed by atoms with Crippen LogP contribution in [0.5, 0.6) is 0 Å². The number of hydrogen-bond donors (Lipinski definition) is 0. The van der Waals surface area contributed by atoms with Crippen molar-refractivity contribution in [3.05, 3.63) is 16.1 Å². The highest BCUT2D eigenvalue weighted by molar-refractivity contribution is 7.09. The number of amides is 1. The number of carbonyl (C=O) groups is 1. The van der Waals surface area contributed by atoms with Gasteiger partial charge in [0.05, 0.1) is 5.01 Å². The average molecular weight is 293 g/mol. The van der Waals surface area contributed by atoms with Crippen LogP contribution in [0.2, 0.25) is 0 Å². The quantitative estimate of drug-likeness (QED) is 0.856. The van der Waals surface area contributed by atoms with Crippen molar-refractivity contribution < 1.29 is 4.79 Å². The molecule has 0 bridgehead atoms. The van der Waals surface area contributed by atoms with E-state index in [0.717, 1.165) is 37.5 Å². The zero-order valence-electron chi connectivity index (χ0n) is 12.3. The van der Waals surface area contributed by atoms with Crippen LogP contribution in [0.25, 0.3) is 0 Å². The highest BCUT2D eigenvalue weighted by Gasteiger charge is 2.39. The van der Waals surface area contributed by atoms with Gasteiger partial charge in [0.2, 0.25) is 0 Å². The summed E-state index contributed by atoms with van der Waals surface area (Å²) in [4.78, 5) is 21.8. The van der Waals surface area contributed by atoms with Crippen LogP contribution in [0, 0.1) is 6.92 Å². The van der Waals surface area contributed by atoms with Crippen LogP contribution in [-0.2, 0) is 0 Å². The van der Waals surface area contributed by atoms with Gasteiger partial charge in [0.25, 0.3) is 5.91 Å². The van der Waals surface area contributed by atoms with Crippen molar-refractivity contribution >= 4 is 17.2 Å². The first-order chi connectivity index (χ1) is 9.69. The van der Waals surface area contributed by atoms with Gasteiger partial charge in [-0.1, -0.05) is 6.92 Å². The Morgan fingerprint density at radius 1 is 1.35 bits per heavy atom. The summed E-state index contributed by atoms with van der Waals surface area (Å²) in [5, 5.41) is 2.89. The fourth-order valence-corrected chi connectivity index (χ4v) is 3.68. The number of carbonyl (C=O) groups excluding carboxylic acids is 1. The third-order valence-corrected chi connectivity index (χ3v) is 5.18.